The molecule has 2 heteroatoms. The van der Waals surface area contributed by atoms with Crippen molar-refractivity contribution in [3.05, 3.63) is 25.3 Å². The van der Waals surface area contributed by atoms with Crippen molar-refractivity contribution in [3.8, 4) is 0 Å². The van der Waals surface area contributed by atoms with Gasteiger partial charge in [-0.3, -0.25) is 0 Å². The molecule has 10 heavy (non-hydrogen) atoms. The first kappa shape index (κ1) is 9.79. The fourth-order valence-electron chi connectivity index (χ4n) is 0.515. The van der Waals surface area contributed by atoms with Crippen LogP contribution < -0.4 is 5.32 Å². The first-order chi connectivity index (χ1) is 4.91. The lowest BCUT2D eigenvalue weighted by Crippen LogP contribution is -2.16. The summed E-state index contributed by atoms with van der Waals surface area (Å²) < 4.78 is 0. The zero-order valence-corrected chi connectivity index (χ0v) is 7.12. The van der Waals surface area contributed by atoms with Gasteiger partial charge in [0.1, 0.15) is 0 Å². The summed E-state index contributed by atoms with van der Waals surface area (Å²) in [6, 6.07) is 0. The van der Waals surface area contributed by atoms with E-state index in [2.05, 4.69) is 18.5 Å². The summed E-state index contributed by atoms with van der Waals surface area (Å²) in [5, 5.41) is 3.22. The van der Waals surface area contributed by atoms with E-state index < -0.39 is 0 Å². The highest BCUT2D eigenvalue weighted by Crippen LogP contribution is 1.96. The summed E-state index contributed by atoms with van der Waals surface area (Å²) in [6.07, 6.45) is 3.80. The molecule has 0 aromatic carbocycles. The summed E-state index contributed by atoms with van der Waals surface area (Å²) >= 11 is 1.89. The zero-order chi connectivity index (χ0) is 7.66. The van der Waals surface area contributed by atoms with Crippen molar-refractivity contribution in [1.82, 2.24) is 5.32 Å². The summed E-state index contributed by atoms with van der Waals surface area (Å²) in [7, 11) is 0. The Morgan fingerprint density at radius 3 is 2.70 bits per heavy atom. The van der Waals surface area contributed by atoms with Crippen LogP contribution in [0.2, 0.25) is 0 Å². The van der Waals surface area contributed by atoms with Crippen molar-refractivity contribution in [2.75, 3.05) is 24.6 Å². The lowest BCUT2D eigenvalue weighted by molar-refractivity contribution is 0.807. The number of nitrogens with one attached hydrogen (secondary N) is 1. The van der Waals surface area contributed by atoms with Gasteiger partial charge in [-0.1, -0.05) is 12.2 Å². The minimum Gasteiger partial charge on any atom is -0.312 e. The van der Waals surface area contributed by atoms with E-state index in [4.69, 9.17) is 0 Å². The largest absolute Gasteiger partial charge is 0.312 e. The van der Waals surface area contributed by atoms with Crippen LogP contribution in [0.15, 0.2) is 25.3 Å². The van der Waals surface area contributed by atoms with Crippen molar-refractivity contribution in [1.29, 1.82) is 0 Å². The van der Waals surface area contributed by atoms with Gasteiger partial charge < -0.3 is 5.32 Å². The van der Waals surface area contributed by atoms with Crippen LogP contribution in [-0.4, -0.2) is 24.6 Å². The molecule has 0 aliphatic carbocycles. The van der Waals surface area contributed by atoms with E-state index in [9.17, 15) is 0 Å². The highest BCUT2D eigenvalue weighted by molar-refractivity contribution is 7.99. The third kappa shape index (κ3) is 7.79. The Morgan fingerprint density at radius 2 is 2.10 bits per heavy atom. The fraction of sp³-hybridized carbons (Fsp3) is 0.500. The van der Waals surface area contributed by atoms with Crippen LogP contribution in [0.5, 0.6) is 0 Å². The number of hydrogen-bond acceptors (Lipinski definition) is 2. The van der Waals surface area contributed by atoms with Crippen molar-refractivity contribution in [2.24, 2.45) is 0 Å². The van der Waals surface area contributed by atoms with Gasteiger partial charge in [-0.25, -0.2) is 0 Å². The van der Waals surface area contributed by atoms with Gasteiger partial charge in [0.2, 0.25) is 0 Å². The molecule has 0 aliphatic rings. The molecule has 0 radical (unpaired) electrons. The maximum Gasteiger partial charge on any atom is 0.0132 e. The number of hydrogen-bond donors (Lipinski definition) is 1. The number of rotatable bonds is 7. The molecule has 0 fully saturated rings. The van der Waals surface area contributed by atoms with Gasteiger partial charge in [0.25, 0.3) is 0 Å². The van der Waals surface area contributed by atoms with Gasteiger partial charge in [0.05, 0.1) is 0 Å². The maximum absolute atomic E-state index is 3.64. The first-order valence-electron chi connectivity index (χ1n) is 3.42. The van der Waals surface area contributed by atoms with Gasteiger partial charge in [-0.15, -0.1) is 13.2 Å². The molecule has 0 bridgehead atoms. The molecule has 0 unspecified atom stereocenters. The molecule has 0 atom stereocenters. The van der Waals surface area contributed by atoms with Crippen LogP contribution in [-0.2, 0) is 0 Å². The van der Waals surface area contributed by atoms with Gasteiger partial charge in [-0.05, 0) is 0 Å². The molecule has 1 N–H and O–H groups in total. The Morgan fingerprint density at radius 1 is 1.30 bits per heavy atom. The molecule has 58 valence electrons. The van der Waals surface area contributed by atoms with Gasteiger partial charge in [0.15, 0.2) is 0 Å². The smallest absolute Gasteiger partial charge is 0.0132 e. The second-order valence-electron chi connectivity index (χ2n) is 1.86. The lowest BCUT2D eigenvalue weighted by Gasteiger charge is -1.98. The van der Waals surface area contributed by atoms with Gasteiger partial charge >= 0.3 is 0 Å². The number of thioether (sulfide) groups is 1. The highest BCUT2D eigenvalue weighted by Gasteiger charge is 1.83. The third-order valence-corrected chi connectivity index (χ3v) is 1.91. The molecule has 0 amide bonds. The average Bonchev–Trinajstić information content (AvgIpc) is 1.97. The summed E-state index contributed by atoms with van der Waals surface area (Å²) in [5.74, 6) is 2.20. The molecule has 0 heterocycles. The molecule has 0 aromatic rings. The Hall–Kier alpha value is -0.210. The third-order valence-electron chi connectivity index (χ3n) is 0.948. The standard InChI is InChI=1S/C8H15NS/c1-3-5-9-6-8-10-7-4-2/h3-4,9H,1-2,5-8H2. The van der Waals surface area contributed by atoms with E-state index in [0.717, 1.165) is 24.6 Å². The Labute approximate surface area is 67.6 Å². The lowest BCUT2D eigenvalue weighted by atomic mass is 10.6. The first-order valence-corrected chi connectivity index (χ1v) is 4.57. The minimum absolute atomic E-state index is 0.911. The molecule has 0 saturated heterocycles. The second kappa shape index (κ2) is 8.79. The van der Waals surface area contributed by atoms with Crippen molar-refractivity contribution in [3.63, 3.8) is 0 Å². The van der Waals surface area contributed by atoms with Crippen LogP contribution in [0.3, 0.4) is 0 Å². The Bertz CT molecular complexity index is 79.3. The molecular formula is C8H15NS. The predicted molar refractivity (Wildman–Crippen MR) is 50.6 cm³/mol. The van der Waals surface area contributed by atoms with E-state index >= 15 is 0 Å². The fourth-order valence-corrected chi connectivity index (χ4v) is 1.14. The average molecular weight is 157 g/mol. The second-order valence-corrected chi connectivity index (χ2v) is 3.01. The topological polar surface area (TPSA) is 12.0 Å². The van der Waals surface area contributed by atoms with Crippen molar-refractivity contribution in [2.45, 2.75) is 0 Å². The predicted octanol–water partition coefficient (Wildman–Crippen LogP) is 1.68. The van der Waals surface area contributed by atoms with Crippen LogP contribution in [0.25, 0.3) is 0 Å². The van der Waals surface area contributed by atoms with E-state index in [0.29, 0.717) is 0 Å². The quantitative estimate of drug-likeness (QED) is 0.446. The minimum atomic E-state index is 0.911. The van der Waals surface area contributed by atoms with Gasteiger partial charge in [-0.2, -0.15) is 11.8 Å². The van der Waals surface area contributed by atoms with Crippen LogP contribution in [0.4, 0.5) is 0 Å². The van der Waals surface area contributed by atoms with Crippen molar-refractivity contribution >= 4 is 11.8 Å². The molecule has 0 saturated carbocycles. The van der Waals surface area contributed by atoms with E-state index in [-0.39, 0.29) is 0 Å². The molecule has 0 spiro atoms. The monoisotopic (exact) mass is 157 g/mol. The molecule has 0 aromatic heterocycles. The summed E-state index contributed by atoms with van der Waals surface area (Å²) in [4.78, 5) is 0. The summed E-state index contributed by atoms with van der Waals surface area (Å²) in [6.45, 7) is 9.22. The normalized spacial score (nSPS) is 9.20. The van der Waals surface area contributed by atoms with Crippen LogP contribution in [0.1, 0.15) is 0 Å². The molecule has 0 rings (SSSR count). The molecule has 0 aliphatic heterocycles. The Balaban J connectivity index is 2.76. The van der Waals surface area contributed by atoms with E-state index in [1.54, 1.807) is 0 Å². The Kier molecular flexibility index (Phi) is 8.61. The van der Waals surface area contributed by atoms with Gasteiger partial charge in [0, 0.05) is 24.6 Å². The summed E-state index contributed by atoms with van der Waals surface area (Å²) in [5.41, 5.74) is 0. The maximum atomic E-state index is 3.64. The van der Waals surface area contributed by atoms with Crippen molar-refractivity contribution < 1.29 is 0 Å². The van der Waals surface area contributed by atoms with Crippen LogP contribution >= 0.6 is 11.8 Å². The molecule has 1 nitrogen and oxygen atoms in total. The van der Waals surface area contributed by atoms with E-state index in [1.807, 2.05) is 23.9 Å². The zero-order valence-electron chi connectivity index (χ0n) is 6.31. The SMILES string of the molecule is C=CCNCCSCC=C. The van der Waals surface area contributed by atoms with Crippen LogP contribution in [0, 0.1) is 0 Å². The molecular weight excluding hydrogens is 142 g/mol. The van der Waals surface area contributed by atoms with E-state index in [1.165, 1.54) is 0 Å². The highest BCUT2D eigenvalue weighted by atomic mass is 32.2.